The number of rotatable bonds is 4. The van der Waals surface area contributed by atoms with Crippen LogP contribution in [0.5, 0.6) is 6.01 Å². The van der Waals surface area contributed by atoms with E-state index in [2.05, 4.69) is 9.97 Å². The lowest BCUT2D eigenvalue weighted by atomic mass is 9.98. The van der Waals surface area contributed by atoms with Crippen molar-refractivity contribution in [2.75, 3.05) is 24.7 Å². The smallest absolute Gasteiger partial charge is 0.295 e. The zero-order valence-corrected chi connectivity index (χ0v) is 18.8. The third-order valence-electron chi connectivity index (χ3n) is 6.55. The SMILES string of the molecule is [O-][S+]1CC=C(c2ccc(-c3c(F)cc4[nH]c(OC5CO[C@@H]6C(O)CO[C@H]56)nc4c3F)cc2)CC1. The second-order valence-corrected chi connectivity index (χ2v) is 10.3. The fourth-order valence-corrected chi connectivity index (χ4v) is 5.78. The van der Waals surface area contributed by atoms with Crippen LogP contribution >= 0.6 is 0 Å². The summed E-state index contributed by atoms with van der Waals surface area (Å²) in [6.07, 6.45) is 0.529. The molecule has 3 aromatic rings. The number of aromatic nitrogens is 2. The van der Waals surface area contributed by atoms with Crippen molar-refractivity contribution >= 4 is 27.8 Å². The third kappa shape index (κ3) is 3.79. The van der Waals surface area contributed by atoms with Crippen LogP contribution < -0.4 is 4.74 Å². The van der Waals surface area contributed by atoms with Crippen molar-refractivity contribution in [1.82, 2.24) is 9.97 Å². The third-order valence-corrected chi connectivity index (χ3v) is 7.75. The van der Waals surface area contributed by atoms with Gasteiger partial charge in [0.05, 0.1) is 24.3 Å². The molecule has 2 fully saturated rings. The van der Waals surface area contributed by atoms with Gasteiger partial charge in [-0.2, -0.15) is 4.98 Å². The van der Waals surface area contributed by atoms with E-state index in [1.165, 1.54) is 6.07 Å². The molecule has 0 spiro atoms. The van der Waals surface area contributed by atoms with Crippen molar-refractivity contribution in [3.8, 4) is 17.1 Å². The fourth-order valence-electron chi connectivity index (χ4n) is 4.78. The molecule has 0 radical (unpaired) electrons. The van der Waals surface area contributed by atoms with Crippen molar-refractivity contribution in [3.63, 3.8) is 0 Å². The van der Waals surface area contributed by atoms with Gasteiger partial charge in [-0.15, -0.1) is 0 Å². The molecule has 2 aromatic carbocycles. The van der Waals surface area contributed by atoms with Gasteiger partial charge in [-0.1, -0.05) is 24.3 Å². The molecule has 3 aliphatic heterocycles. The minimum Gasteiger partial charge on any atom is -0.616 e. The molecular weight excluding hydrogens is 466 g/mol. The maximum Gasteiger partial charge on any atom is 0.295 e. The number of aromatic amines is 1. The summed E-state index contributed by atoms with van der Waals surface area (Å²) < 4.78 is 58.8. The van der Waals surface area contributed by atoms with Gasteiger partial charge >= 0.3 is 0 Å². The van der Waals surface area contributed by atoms with E-state index in [1.807, 2.05) is 18.2 Å². The summed E-state index contributed by atoms with van der Waals surface area (Å²) in [5.74, 6) is -0.347. The van der Waals surface area contributed by atoms with Gasteiger partial charge in [0.1, 0.15) is 41.2 Å². The molecule has 0 bridgehead atoms. The monoisotopic (exact) mass is 488 g/mol. The number of H-pyrrole nitrogens is 1. The summed E-state index contributed by atoms with van der Waals surface area (Å²) in [5, 5.41) is 9.87. The molecule has 0 amide bonds. The minimum atomic E-state index is -0.812. The molecule has 0 saturated carbocycles. The highest BCUT2D eigenvalue weighted by Gasteiger charge is 2.48. The van der Waals surface area contributed by atoms with Gasteiger partial charge in [-0.05, 0) is 34.0 Å². The number of fused-ring (bicyclic) bond motifs is 2. The molecule has 3 aliphatic rings. The minimum absolute atomic E-state index is 0.0293. The van der Waals surface area contributed by atoms with Crippen molar-refractivity contribution in [2.24, 2.45) is 0 Å². The topological polar surface area (TPSA) is 99.7 Å². The number of nitrogens with one attached hydrogen (secondary N) is 1. The van der Waals surface area contributed by atoms with E-state index in [-0.39, 0.29) is 35.8 Å². The van der Waals surface area contributed by atoms with Gasteiger partial charge < -0.3 is 28.9 Å². The summed E-state index contributed by atoms with van der Waals surface area (Å²) in [6.45, 7) is 0.359. The lowest BCUT2D eigenvalue weighted by molar-refractivity contribution is 0.00706. The Balaban J connectivity index is 1.27. The molecule has 3 unspecified atom stereocenters. The number of benzene rings is 2. The summed E-state index contributed by atoms with van der Waals surface area (Å²) >= 11 is -0.812. The number of hydrogen-bond donors (Lipinski definition) is 2. The molecule has 2 N–H and O–H groups in total. The van der Waals surface area contributed by atoms with Crippen molar-refractivity contribution in [3.05, 3.63) is 53.6 Å². The van der Waals surface area contributed by atoms with Gasteiger partial charge in [0.25, 0.3) is 6.01 Å². The zero-order valence-electron chi connectivity index (χ0n) is 18.0. The zero-order chi connectivity index (χ0) is 23.4. The highest BCUT2D eigenvalue weighted by Crippen LogP contribution is 2.35. The Bertz CT molecular complexity index is 1260. The molecule has 178 valence electrons. The van der Waals surface area contributed by atoms with E-state index in [4.69, 9.17) is 14.2 Å². The molecule has 7 nitrogen and oxygen atoms in total. The van der Waals surface area contributed by atoms with Crippen LogP contribution in [-0.2, 0) is 20.6 Å². The number of nitrogens with zero attached hydrogens (tertiary/aromatic N) is 1. The summed E-state index contributed by atoms with van der Waals surface area (Å²) in [4.78, 5) is 7.01. The van der Waals surface area contributed by atoms with Gasteiger partial charge in [0.15, 0.2) is 11.9 Å². The standard InChI is InChI=1S/C24H22F2N2O5S/c25-15-9-16-21(28-24(27-16)33-18-11-32-22-17(29)10-31-23(18)22)20(26)19(15)14-3-1-12(2-4-14)13-5-7-34(30)8-6-13/h1-5,9,17-18,22-23,29H,6-8,10-11H2,(H,27,28)/t17?,18?,22-,23-,34?/m1/s1. The first-order valence-electron chi connectivity index (χ1n) is 11.1. The average Bonchev–Trinajstić information content (AvgIpc) is 3.52. The van der Waals surface area contributed by atoms with Crippen LogP contribution in [0.25, 0.3) is 27.7 Å². The Hall–Kier alpha value is -2.50. The molecule has 1 aromatic heterocycles. The van der Waals surface area contributed by atoms with E-state index in [0.717, 1.165) is 11.1 Å². The summed E-state index contributed by atoms with van der Waals surface area (Å²) in [6, 6.07) is 8.23. The first-order chi connectivity index (χ1) is 16.5. The molecule has 4 heterocycles. The Morgan fingerprint density at radius 3 is 2.65 bits per heavy atom. The highest BCUT2D eigenvalue weighted by atomic mass is 32.2. The van der Waals surface area contributed by atoms with Crippen LogP contribution in [0.2, 0.25) is 0 Å². The molecule has 5 atom stereocenters. The molecule has 10 heteroatoms. The van der Waals surface area contributed by atoms with Gasteiger partial charge in [0, 0.05) is 12.5 Å². The van der Waals surface area contributed by atoms with Gasteiger partial charge in [0.2, 0.25) is 0 Å². The Morgan fingerprint density at radius 2 is 1.88 bits per heavy atom. The Kier molecular flexibility index (Phi) is 5.57. The van der Waals surface area contributed by atoms with Crippen LogP contribution in [0.15, 0.2) is 36.4 Å². The Morgan fingerprint density at radius 1 is 1.12 bits per heavy atom. The number of hydrogen-bond acceptors (Lipinski definition) is 6. The fraction of sp³-hybridized carbons (Fsp3) is 0.375. The van der Waals surface area contributed by atoms with Crippen molar-refractivity contribution in [2.45, 2.75) is 30.8 Å². The maximum absolute atomic E-state index is 15.4. The number of aliphatic hydroxyl groups excluding tert-OH is 1. The molecule has 34 heavy (non-hydrogen) atoms. The van der Waals surface area contributed by atoms with E-state index in [0.29, 0.717) is 23.5 Å². The van der Waals surface area contributed by atoms with Crippen LogP contribution in [0.1, 0.15) is 12.0 Å². The van der Waals surface area contributed by atoms with Gasteiger partial charge in [-0.3, -0.25) is 0 Å². The predicted molar refractivity (Wildman–Crippen MR) is 122 cm³/mol. The van der Waals surface area contributed by atoms with E-state index in [9.17, 15) is 14.0 Å². The lowest BCUT2D eigenvalue weighted by Crippen LogP contribution is -2.34. The van der Waals surface area contributed by atoms with Crippen LogP contribution in [0, 0.1) is 11.6 Å². The lowest BCUT2D eigenvalue weighted by Gasteiger charge is -2.17. The largest absolute Gasteiger partial charge is 0.616 e. The highest BCUT2D eigenvalue weighted by molar-refractivity contribution is 7.91. The number of ether oxygens (including phenoxy) is 3. The molecular formula is C24H22F2N2O5S. The second-order valence-electron chi connectivity index (χ2n) is 8.67. The number of imidazole rings is 1. The predicted octanol–water partition coefficient (Wildman–Crippen LogP) is 2.95. The van der Waals surface area contributed by atoms with Crippen LogP contribution in [-0.4, -0.2) is 68.8 Å². The van der Waals surface area contributed by atoms with Crippen molar-refractivity contribution < 1.29 is 32.7 Å². The normalized spacial score (nSPS) is 28.8. The first-order valence-corrected chi connectivity index (χ1v) is 12.6. The van der Waals surface area contributed by atoms with Crippen molar-refractivity contribution in [1.29, 1.82) is 0 Å². The number of halogens is 2. The summed E-state index contributed by atoms with van der Waals surface area (Å²) in [5.41, 5.74) is 2.42. The molecule has 0 aliphatic carbocycles. The van der Waals surface area contributed by atoms with E-state index in [1.54, 1.807) is 12.1 Å². The number of aliphatic hydroxyl groups is 1. The molecule has 2 saturated heterocycles. The first kappa shape index (κ1) is 22.0. The van der Waals surface area contributed by atoms with Gasteiger partial charge in [-0.25, -0.2) is 8.78 Å². The Labute approximate surface area is 196 Å². The quantitative estimate of drug-likeness (QED) is 0.548. The number of allylic oxidation sites excluding steroid dienone is 1. The summed E-state index contributed by atoms with van der Waals surface area (Å²) in [7, 11) is 0. The average molecular weight is 489 g/mol. The van der Waals surface area contributed by atoms with E-state index < -0.39 is 47.2 Å². The van der Waals surface area contributed by atoms with E-state index >= 15 is 4.39 Å². The van der Waals surface area contributed by atoms with Crippen LogP contribution in [0.3, 0.4) is 0 Å². The molecule has 6 rings (SSSR count). The van der Waals surface area contributed by atoms with Crippen LogP contribution in [0.4, 0.5) is 8.78 Å². The second kappa shape index (κ2) is 8.62. The maximum atomic E-state index is 15.4.